The molecule has 1 saturated heterocycles. The molecule has 2 aliphatic rings. The summed E-state index contributed by atoms with van der Waals surface area (Å²) in [5.74, 6) is -0.209. The zero-order chi connectivity index (χ0) is 23.5. The first-order valence-corrected chi connectivity index (χ1v) is 11.3. The van der Waals surface area contributed by atoms with Gasteiger partial charge in [0.2, 0.25) is 0 Å². The van der Waals surface area contributed by atoms with Gasteiger partial charge in [0, 0.05) is 51.1 Å². The summed E-state index contributed by atoms with van der Waals surface area (Å²) in [6.45, 7) is 4.20. The van der Waals surface area contributed by atoms with Gasteiger partial charge in [-0.3, -0.25) is 14.4 Å². The fourth-order valence-electron chi connectivity index (χ4n) is 4.14. The maximum Gasteiger partial charge on any atom is 0.281 e. The van der Waals surface area contributed by atoms with Crippen molar-refractivity contribution in [1.82, 2.24) is 10.2 Å². The normalized spacial score (nSPS) is 16.8. The molecule has 1 fully saturated rings. The van der Waals surface area contributed by atoms with Crippen LogP contribution >= 0.6 is 0 Å². The number of carbonyl (C=O) groups excluding carboxylic acids is 3. The molecule has 0 atom stereocenters. The summed E-state index contributed by atoms with van der Waals surface area (Å²) in [6.07, 6.45) is 3.46. The molecule has 0 radical (unpaired) electrons. The lowest BCUT2D eigenvalue weighted by Crippen LogP contribution is -2.38. The van der Waals surface area contributed by atoms with Crippen molar-refractivity contribution in [1.29, 1.82) is 0 Å². The van der Waals surface area contributed by atoms with Crippen molar-refractivity contribution in [3.63, 3.8) is 0 Å². The van der Waals surface area contributed by atoms with E-state index in [1.807, 2.05) is 48.2 Å². The van der Waals surface area contributed by atoms with Gasteiger partial charge in [0.25, 0.3) is 17.7 Å². The number of carbonyl (C=O) groups is 3. The Kier molecular flexibility index (Phi) is 6.49. The maximum atomic E-state index is 13.0. The highest BCUT2D eigenvalue weighted by Crippen LogP contribution is 2.28. The minimum atomic E-state index is -0.341. The molecule has 3 amide bonds. The molecule has 7 heteroatoms. The summed E-state index contributed by atoms with van der Waals surface area (Å²) in [6, 6.07) is 14.5. The summed E-state index contributed by atoms with van der Waals surface area (Å²) in [5, 5.41) is 2.91. The first kappa shape index (κ1) is 22.6. The fraction of sp³-hybridized carbons (Fsp3) is 0.346. The topological polar surface area (TPSA) is 73.0 Å². The van der Waals surface area contributed by atoms with E-state index in [0.717, 1.165) is 37.2 Å². The number of piperidine rings is 1. The maximum absolute atomic E-state index is 13.0. The number of hydrogen-bond acceptors (Lipinski definition) is 5. The SMILES string of the molecule is CC1CCN(C2=CC(=O)N(c3ccc(C(=O)NCc4ccc(N(C)C)cc4)cc3)C2=O)CC1. The van der Waals surface area contributed by atoms with Gasteiger partial charge in [-0.1, -0.05) is 19.1 Å². The Hall–Kier alpha value is -3.61. The van der Waals surface area contributed by atoms with Crippen LogP contribution in [0.1, 0.15) is 35.7 Å². The molecule has 33 heavy (non-hydrogen) atoms. The number of anilines is 2. The molecule has 0 saturated carbocycles. The minimum absolute atomic E-state index is 0.210. The Bertz CT molecular complexity index is 1070. The molecule has 2 aliphatic heterocycles. The molecule has 0 aromatic heterocycles. The van der Waals surface area contributed by atoms with Crippen LogP contribution < -0.4 is 15.1 Å². The molecule has 2 heterocycles. The van der Waals surface area contributed by atoms with Crippen molar-refractivity contribution in [3.05, 3.63) is 71.4 Å². The minimum Gasteiger partial charge on any atom is -0.378 e. The van der Waals surface area contributed by atoms with Crippen molar-refractivity contribution in [2.75, 3.05) is 37.0 Å². The van der Waals surface area contributed by atoms with Gasteiger partial charge in [0.05, 0.1) is 5.69 Å². The highest BCUT2D eigenvalue weighted by Gasteiger charge is 2.36. The van der Waals surface area contributed by atoms with Gasteiger partial charge in [-0.2, -0.15) is 0 Å². The second-order valence-electron chi connectivity index (χ2n) is 8.97. The molecule has 2 aromatic carbocycles. The van der Waals surface area contributed by atoms with E-state index in [1.54, 1.807) is 24.3 Å². The second kappa shape index (κ2) is 9.48. The van der Waals surface area contributed by atoms with Crippen LogP contribution in [-0.4, -0.2) is 49.8 Å². The predicted molar refractivity (Wildman–Crippen MR) is 129 cm³/mol. The van der Waals surface area contributed by atoms with E-state index < -0.39 is 0 Å². The van der Waals surface area contributed by atoms with Crippen LogP contribution in [0.25, 0.3) is 0 Å². The average molecular weight is 447 g/mol. The molecule has 7 nitrogen and oxygen atoms in total. The van der Waals surface area contributed by atoms with E-state index in [9.17, 15) is 14.4 Å². The van der Waals surface area contributed by atoms with Crippen molar-refractivity contribution < 1.29 is 14.4 Å². The first-order chi connectivity index (χ1) is 15.8. The lowest BCUT2D eigenvalue weighted by atomic mass is 9.99. The summed E-state index contributed by atoms with van der Waals surface area (Å²) in [4.78, 5) is 43.3. The van der Waals surface area contributed by atoms with Crippen LogP contribution in [0, 0.1) is 5.92 Å². The predicted octanol–water partition coefficient (Wildman–Crippen LogP) is 3.17. The average Bonchev–Trinajstić information content (AvgIpc) is 3.12. The smallest absolute Gasteiger partial charge is 0.281 e. The van der Waals surface area contributed by atoms with Gasteiger partial charge in [-0.15, -0.1) is 0 Å². The number of nitrogens with zero attached hydrogens (tertiary/aromatic N) is 3. The van der Waals surface area contributed by atoms with Crippen molar-refractivity contribution in [2.24, 2.45) is 5.92 Å². The van der Waals surface area contributed by atoms with Crippen LogP contribution in [0.4, 0.5) is 11.4 Å². The van der Waals surface area contributed by atoms with Gasteiger partial charge in [-0.25, -0.2) is 4.90 Å². The third-order valence-corrected chi connectivity index (χ3v) is 6.32. The molecule has 2 aromatic rings. The Morgan fingerprint density at radius 3 is 2.24 bits per heavy atom. The number of rotatable bonds is 6. The van der Waals surface area contributed by atoms with E-state index in [2.05, 4.69) is 12.2 Å². The van der Waals surface area contributed by atoms with Gasteiger partial charge < -0.3 is 15.1 Å². The number of nitrogens with one attached hydrogen (secondary N) is 1. The van der Waals surface area contributed by atoms with Gasteiger partial charge >= 0.3 is 0 Å². The Balaban J connectivity index is 1.37. The summed E-state index contributed by atoms with van der Waals surface area (Å²) < 4.78 is 0. The summed E-state index contributed by atoms with van der Waals surface area (Å²) >= 11 is 0. The molecular formula is C26H30N4O3. The molecule has 1 N–H and O–H groups in total. The number of amides is 3. The molecule has 0 spiro atoms. The molecule has 172 valence electrons. The second-order valence-corrected chi connectivity index (χ2v) is 8.97. The lowest BCUT2D eigenvalue weighted by Gasteiger charge is -2.32. The van der Waals surface area contributed by atoms with E-state index in [0.29, 0.717) is 29.4 Å². The van der Waals surface area contributed by atoms with Crippen LogP contribution in [0.15, 0.2) is 60.3 Å². The fourth-order valence-corrected chi connectivity index (χ4v) is 4.14. The molecular weight excluding hydrogens is 416 g/mol. The summed E-state index contributed by atoms with van der Waals surface area (Å²) in [5.41, 5.74) is 3.51. The van der Waals surface area contributed by atoms with Gasteiger partial charge in [0.15, 0.2) is 0 Å². The Morgan fingerprint density at radius 1 is 1.00 bits per heavy atom. The number of imide groups is 1. The monoisotopic (exact) mass is 446 g/mol. The highest BCUT2D eigenvalue weighted by atomic mass is 16.2. The standard InChI is InChI=1S/C26H30N4O3/c1-18-12-14-29(15-13-18)23-16-24(31)30(26(23)33)22-10-6-20(7-11-22)25(32)27-17-19-4-8-21(9-5-19)28(2)3/h4-11,16,18H,12-15,17H2,1-3H3,(H,27,32). The molecule has 0 aliphatic carbocycles. The van der Waals surface area contributed by atoms with E-state index >= 15 is 0 Å². The largest absolute Gasteiger partial charge is 0.378 e. The Labute approximate surface area is 194 Å². The number of likely N-dealkylation sites (tertiary alicyclic amines) is 1. The van der Waals surface area contributed by atoms with Crippen LogP contribution in [0.2, 0.25) is 0 Å². The number of benzene rings is 2. The van der Waals surface area contributed by atoms with Crippen LogP contribution in [0.5, 0.6) is 0 Å². The van der Waals surface area contributed by atoms with Gasteiger partial charge in [-0.05, 0) is 60.7 Å². The van der Waals surface area contributed by atoms with Crippen LogP contribution in [0.3, 0.4) is 0 Å². The highest BCUT2D eigenvalue weighted by molar-refractivity contribution is 6.30. The third kappa shape index (κ3) is 4.92. The van der Waals surface area contributed by atoms with Crippen LogP contribution in [-0.2, 0) is 16.1 Å². The zero-order valence-electron chi connectivity index (χ0n) is 19.4. The van der Waals surface area contributed by atoms with E-state index in [4.69, 9.17) is 0 Å². The van der Waals surface area contributed by atoms with E-state index in [-0.39, 0.29) is 17.7 Å². The quantitative estimate of drug-likeness (QED) is 0.690. The molecule has 4 rings (SSSR count). The van der Waals surface area contributed by atoms with Gasteiger partial charge in [0.1, 0.15) is 5.70 Å². The van der Waals surface area contributed by atoms with E-state index in [1.165, 1.54) is 11.0 Å². The van der Waals surface area contributed by atoms with Crippen molar-refractivity contribution >= 4 is 29.1 Å². The molecule has 0 unspecified atom stereocenters. The Morgan fingerprint density at radius 2 is 1.64 bits per heavy atom. The third-order valence-electron chi connectivity index (χ3n) is 6.32. The van der Waals surface area contributed by atoms with Crippen molar-refractivity contribution in [2.45, 2.75) is 26.3 Å². The van der Waals surface area contributed by atoms with Crippen molar-refractivity contribution in [3.8, 4) is 0 Å². The number of hydrogen-bond donors (Lipinski definition) is 1. The molecule has 0 bridgehead atoms. The first-order valence-electron chi connectivity index (χ1n) is 11.3. The zero-order valence-corrected chi connectivity index (χ0v) is 19.4. The lowest BCUT2D eigenvalue weighted by molar-refractivity contribution is -0.121. The summed E-state index contributed by atoms with van der Waals surface area (Å²) in [7, 11) is 3.96.